The fourth-order valence-corrected chi connectivity index (χ4v) is 3.70. The summed E-state index contributed by atoms with van der Waals surface area (Å²) in [5.74, 6) is 0.616. The van der Waals surface area contributed by atoms with Gasteiger partial charge in [-0.05, 0) is 49.2 Å². The van der Waals surface area contributed by atoms with Crippen LogP contribution in [0, 0.1) is 12.8 Å². The third-order valence-electron chi connectivity index (χ3n) is 5.53. The van der Waals surface area contributed by atoms with E-state index in [1.165, 1.54) is 0 Å². The van der Waals surface area contributed by atoms with Crippen molar-refractivity contribution in [3.8, 4) is 5.75 Å². The molecule has 6 nitrogen and oxygen atoms in total. The number of amides is 2. The van der Waals surface area contributed by atoms with Crippen molar-refractivity contribution in [3.05, 3.63) is 59.7 Å². The molecule has 2 aromatic carbocycles. The summed E-state index contributed by atoms with van der Waals surface area (Å²) in [5.41, 5.74) is 2.72. The summed E-state index contributed by atoms with van der Waals surface area (Å²) < 4.78 is 5.22. The number of hydrogen-bond acceptors (Lipinski definition) is 4. The summed E-state index contributed by atoms with van der Waals surface area (Å²) in [4.78, 5) is 30.0. The van der Waals surface area contributed by atoms with Crippen LogP contribution in [0.2, 0.25) is 0 Å². The SMILES string of the molecule is COc1ccc(N2CCN(C(=O)C(NC(=O)c3cccc(C)c3)C(C)C)CC2)cc1. The molecule has 2 amide bonds. The second-order valence-corrected chi connectivity index (χ2v) is 8.07. The van der Waals surface area contributed by atoms with E-state index in [0.29, 0.717) is 18.7 Å². The van der Waals surface area contributed by atoms with Gasteiger partial charge in [-0.2, -0.15) is 0 Å². The molecule has 0 aromatic heterocycles. The topological polar surface area (TPSA) is 61.9 Å². The molecule has 0 aliphatic carbocycles. The summed E-state index contributed by atoms with van der Waals surface area (Å²) in [6.07, 6.45) is 0. The molecule has 0 spiro atoms. The molecule has 1 unspecified atom stereocenters. The molecule has 1 heterocycles. The van der Waals surface area contributed by atoms with Crippen LogP contribution in [0.1, 0.15) is 29.8 Å². The normalized spacial score (nSPS) is 15.1. The van der Waals surface area contributed by atoms with E-state index >= 15 is 0 Å². The highest BCUT2D eigenvalue weighted by atomic mass is 16.5. The van der Waals surface area contributed by atoms with E-state index in [1.54, 1.807) is 13.2 Å². The van der Waals surface area contributed by atoms with Crippen molar-refractivity contribution in [3.63, 3.8) is 0 Å². The average Bonchev–Trinajstić information content (AvgIpc) is 2.77. The van der Waals surface area contributed by atoms with Crippen LogP contribution in [-0.2, 0) is 4.79 Å². The van der Waals surface area contributed by atoms with Crippen LogP contribution in [0.4, 0.5) is 5.69 Å². The molecule has 160 valence electrons. The number of aryl methyl sites for hydroxylation is 1. The molecule has 2 aromatic rings. The van der Waals surface area contributed by atoms with Crippen molar-refractivity contribution < 1.29 is 14.3 Å². The predicted octanol–water partition coefficient (Wildman–Crippen LogP) is 3.11. The molecule has 1 aliphatic heterocycles. The largest absolute Gasteiger partial charge is 0.497 e. The highest BCUT2D eigenvalue weighted by Gasteiger charge is 2.31. The van der Waals surface area contributed by atoms with Gasteiger partial charge in [0.15, 0.2) is 0 Å². The van der Waals surface area contributed by atoms with E-state index in [9.17, 15) is 9.59 Å². The number of carbonyl (C=O) groups excluding carboxylic acids is 2. The first kappa shape index (κ1) is 21.7. The Morgan fingerprint density at radius 3 is 2.23 bits per heavy atom. The fraction of sp³-hybridized carbons (Fsp3) is 0.417. The predicted molar refractivity (Wildman–Crippen MR) is 119 cm³/mol. The van der Waals surface area contributed by atoms with Crippen LogP contribution in [0.15, 0.2) is 48.5 Å². The number of methoxy groups -OCH3 is 1. The summed E-state index contributed by atoms with van der Waals surface area (Å²) in [6, 6.07) is 14.8. The Morgan fingerprint density at radius 2 is 1.67 bits per heavy atom. The third-order valence-corrected chi connectivity index (χ3v) is 5.53. The Balaban J connectivity index is 1.61. The summed E-state index contributed by atoms with van der Waals surface area (Å²) in [6.45, 7) is 8.66. The molecule has 6 heteroatoms. The van der Waals surface area contributed by atoms with Crippen LogP contribution < -0.4 is 15.0 Å². The van der Waals surface area contributed by atoms with Crippen LogP contribution in [0.25, 0.3) is 0 Å². The standard InChI is InChI=1S/C24H31N3O3/c1-17(2)22(25-23(28)19-7-5-6-18(3)16-19)24(29)27-14-12-26(13-15-27)20-8-10-21(30-4)11-9-20/h5-11,16-17,22H,12-15H2,1-4H3,(H,25,28). The number of carbonyl (C=O) groups is 2. The van der Waals surface area contributed by atoms with E-state index in [0.717, 1.165) is 30.1 Å². The van der Waals surface area contributed by atoms with E-state index in [2.05, 4.69) is 10.2 Å². The first-order valence-electron chi connectivity index (χ1n) is 10.4. The Hall–Kier alpha value is -3.02. The molecule has 3 rings (SSSR count). The smallest absolute Gasteiger partial charge is 0.251 e. The Labute approximate surface area is 178 Å². The van der Waals surface area contributed by atoms with Crippen molar-refractivity contribution >= 4 is 17.5 Å². The van der Waals surface area contributed by atoms with Gasteiger partial charge < -0.3 is 19.9 Å². The second-order valence-electron chi connectivity index (χ2n) is 8.07. The van der Waals surface area contributed by atoms with E-state index in [4.69, 9.17) is 4.74 Å². The first-order chi connectivity index (χ1) is 14.4. The summed E-state index contributed by atoms with van der Waals surface area (Å²) >= 11 is 0. The van der Waals surface area contributed by atoms with Gasteiger partial charge in [0.2, 0.25) is 5.91 Å². The minimum atomic E-state index is -0.537. The first-order valence-corrected chi connectivity index (χ1v) is 10.4. The number of benzene rings is 2. The van der Waals surface area contributed by atoms with Gasteiger partial charge in [-0.25, -0.2) is 0 Å². The molecule has 0 saturated carbocycles. The number of ether oxygens (including phenoxy) is 1. The van der Waals surface area contributed by atoms with Gasteiger partial charge in [-0.1, -0.05) is 31.5 Å². The Morgan fingerprint density at radius 1 is 1.00 bits per heavy atom. The van der Waals surface area contributed by atoms with E-state index in [-0.39, 0.29) is 17.7 Å². The van der Waals surface area contributed by atoms with Crippen LogP contribution in [0.5, 0.6) is 5.75 Å². The molecular weight excluding hydrogens is 378 g/mol. The van der Waals surface area contributed by atoms with Crippen molar-refractivity contribution in [2.45, 2.75) is 26.8 Å². The average molecular weight is 410 g/mol. The molecule has 1 saturated heterocycles. The van der Waals surface area contributed by atoms with Crippen LogP contribution >= 0.6 is 0 Å². The maximum Gasteiger partial charge on any atom is 0.251 e. The van der Waals surface area contributed by atoms with Crippen molar-refractivity contribution in [1.82, 2.24) is 10.2 Å². The second kappa shape index (κ2) is 9.65. The fourth-order valence-electron chi connectivity index (χ4n) is 3.70. The molecule has 30 heavy (non-hydrogen) atoms. The number of rotatable bonds is 6. The third kappa shape index (κ3) is 5.12. The lowest BCUT2D eigenvalue weighted by Crippen LogP contribution is -2.56. The van der Waals surface area contributed by atoms with Crippen molar-refractivity contribution in [2.75, 3.05) is 38.2 Å². The van der Waals surface area contributed by atoms with Gasteiger partial charge in [0.25, 0.3) is 5.91 Å². The lowest BCUT2D eigenvalue weighted by Gasteiger charge is -2.38. The molecule has 0 bridgehead atoms. The van der Waals surface area contributed by atoms with Gasteiger partial charge in [0.1, 0.15) is 11.8 Å². The molecule has 0 radical (unpaired) electrons. The zero-order valence-corrected chi connectivity index (χ0v) is 18.2. The van der Waals surface area contributed by atoms with Gasteiger partial charge in [0, 0.05) is 37.4 Å². The number of nitrogens with one attached hydrogen (secondary N) is 1. The molecule has 1 atom stereocenters. The Bertz CT molecular complexity index is 872. The van der Waals surface area contributed by atoms with Gasteiger partial charge in [-0.15, -0.1) is 0 Å². The van der Waals surface area contributed by atoms with Crippen LogP contribution in [0.3, 0.4) is 0 Å². The monoisotopic (exact) mass is 409 g/mol. The van der Waals surface area contributed by atoms with Gasteiger partial charge in [0.05, 0.1) is 7.11 Å². The maximum absolute atomic E-state index is 13.2. The molecule has 1 fully saturated rings. The summed E-state index contributed by atoms with van der Waals surface area (Å²) in [5, 5.41) is 2.95. The number of hydrogen-bond donors (Lipinski definition) is 1. The molecule has 1 N–H and O–H groups in total. The minimum absolute atomic E-state index is 0.00544. The highest BCUT2D eigenvalue weighted by Crippen LogP contribution is 2.21. The molecular formula is C24H31N3O3. The minimum Gasteiger partial charge on any atom is -0.497 e. The van der Waals surface area contributed by atoms with Gasteiger partial charge in [-0.3, -0.25) is 9.59 Å². The quantitative estimate of drug-likeness (QED) is 0.796. The number of piperazine rings is 1. The lowest BCUT2D eigenvalue weighted by molar-refractivity contribution is -0.134. The molecule has 1 aliphatic rings. The Kier molecular flexibility index (Phi) is 6.98. The van der Waals surface area contributed by atoms with E-state index in [1.807, 2.05) is 68.1 Å². The van der Waals surface area contributed by atoms with Crippen molar-refractivity contribution in [2.24, 2.45) is 5.92 Å². The van der Waals surface area contributed by atoms with Crippen molar-refractivity contribution in [1.29, 1.82) is 0 Å². The van der Waals surface area contributed by atoms with Crippen LogP contribution in [-0.4, -0.2) is 56.0 Å². The summed E-state index contributed by atoms with van der Waals surface area (Å²) in [7, 11) is 1.66. The zero-order chi connectivity index (χ0) is 21.7. The number of anilines is 1. The maximum atomic E-state index is 13.2. The zero-order valence-electron chi connectivity index (χ0n) is 18.2. The van der Waals surface area contributed by atoms with E-state index < -0.39 is 6.04 Å². The number of nitrogens with zero attached hydrogens (tertiary/aromatic N) is 2. The highest BCUT2D eigenvalue weighted by molar-refractivity contribution is 5.97. The lowest BCUT2D eigenvalue weighted by atomic mass is 10.0. The van der Waals surface area contributed by atoms with Gasteiger partial charge >= 0.3 is 0 Å².